The first-order valence-corrected chi connectivity index (χ1v) is 5.12. The number of halogens is 3. The third-order valence-corrected chi connectivity index (χ3v) is 2.10. The predicted molar refractivity (Wildman–Crippen MR) is 57.4 cm³/mol. The van der Waals surface area contributed by atoms with Crippen LogP contribution in [0, 0.1) is 0 Å². The highest BCUT2D eigenvalue weighted by Gasteiger charge is 2.32. The van der Waals surface area contributed by atoms with Gasteiger partial charge in [-0.15, -0.1) is 0 Å². The van der Waals surface area contributed by atoms with E-state index >= 15 is 0 Å². The van der Waals surface area contributed by atoms with E-state index in [0.29, 0.717) is 6.54 Å². The molecule has 6 heteroatoms. The van der Waals surface area contributed by atoms with Gasteiger partial charge in [-0.2, -0.15) is 13.2 Å². The van der Waals surface area contributed by atoms with E-state index in [1.54, 1.807) is 6.92 Å². The summed E-state index contributed by atoms with van der Waals surface area (Å²) in [6.07, 6.45) is -4.40. The molecular weight excluding hydrogens is 233 g/mol. The second kappa shape index (κ2) is 5.56. The summed E-state index contributed by atoms with van der Waals surface area (Å²) in [6, 6.07) is 4.68. The fourth-order valence-electron chi connectivity index (χ4n) is 1.35. The molecule has 0 unspecified atom stereocenters. The molecule has 0 fully saturated rings. The zero-order valence-electron chi connectivity index (χ0n) is 9.27. The monoisotopic (exact) mass is 246 g/mol. The summed E-state index contributed by atoms with van der Waals surface area (Å²) in [5, 5.41) is 4.80. The van der Waals surface area contributed by atoms with E-state index in [2.05, 4.69) is 10.6 Å². The second-order valence-electron chi connectivity index (χ2n) is 3.37. The number of alkyl halides is 3. The maximum Gasteiger partial charge on any atom is 0.416 e. The lowest BCUT2D eigenvalue weighted by Gasteiger charge is -2.13. The Kier molecular flexibility index (Phi) is 4.37. The number of urea groups is 1. The first-order chi connectivity index (χ1) is 7.95. The molecule has 17 heavy (non-hydrogen) atoms. The van der Waals surface area contributed by atoms with Crippen molar-refractivity contribution in [3.8, 4) is 0 Å². The maximum atomic E-state index is 12.6. The van der Waals surface area contributed by atoms with Gasteiger partial charge in [-0.3, -0.25) is 0 Å². The molecular formula is C11H13F3N2O. The molecule has 3 nitrogen and oxygen atoms in total. The van der Waals surface area contributed by atoms with Crippen LogP contribution in [-0.4, -0.2) is 12.6 Å². The third kappa shape index (κ3) is 3.97. The second-order valence-corrected chi connectivity index (χ2v) is 3.37. The average Bonchev–Trinajstić information content (AvgIpc) is 2.26. The van der Waals surface area contributed by atoms with Gasteiger partial charge in [-0.1, -0.05) is 18.2 Å². The number of hydrogen-bond donors (Lipinski definition) is 2. The molecule has 0 radical (unpaired) electrons. The van der Waals surface area contributed by atoms with Gasteiger partial charge < -0.3 is 10.6 Å². The molecule has 1 aromatic rings. The first kappa shape index (κ1) is 13.3. The summed E-state index contributed by atoms with van der Waals surface area (Å²) in [4.78, 5) is 11.1. The van der Waals surface area contributed by atoms with Gasteiger partial charge >= 0.3 is 12.2 Å². The number of amides is 2. The highest BCUT2D eigenvalue weighted by atomic mass is 19.4. The van der Waals surface area contributed by atoms with Crippen molar-refractivity contribution in [2.45, 2.75) is 19.6 Å². The summed E-state index contributed by atoms with van der Waals surface area (Å²) in [6.45, 7) is 2.00. The molecule has 0 bridgehead atoms. The molecule has 94 valence electrons. The van der Waals surface area contributed by atoms with Gasteiger partial charge in [-0.05, 0) is 18.6 Å². The van der Waals surface area contributed by atoms with Crippen LogP contribution in [-0.2, 0) is 12.7 Å². The minimum absolute atomic E-state index is 0.0475. The van der Waals surface area contributed by atoms with Gasteiger partial charge in [0, 0.05) is 13.1 Å². The van der Waals surface area contributed by atoms with Crippen molar-refractivity contribution in [3.63, 3.8) is 0 Å². The number of rotatable bonds is 3. The molecule has 0 heterocycles. The third-order valence-electron chi connectivity index (χ3n) is 2.10. The van der Waals surface area contributed by atoms with E-state index in [9.17, 15) is 18.0 Å². The molecule has 0 aromatic heterocycles. The summed E-state index contributed by atoms with van der Waals surface area (Å²) in [5.74, 6) is 0. The molecule has 2 N–H and O–H groups in total. The summed E-state index contributed by atoms with van der Waals surface area (Å²) >= 11 is 0. The Morgan fingerprint density at radius 1 is 1.24 bits per heavy atom. The van der Waals surface area contributed by atoms with Crippen molar-refractivity contribution in [2.75, 3.05) is 6.54 Å². The van der Waals surface area contributed by atoms with Crippen LogP contribution in [0.2, 0.25) is 0 Å². The van der Waals surface area contributed by atoms with Crippen molar-refractivity contribution < 1.29 is 18.0 Å². The van der Waals surface area contributed by atoms with E-state index in [4.69, 9.17) is 0 Å². The zero-order chi connectivity index (χ0) is 12.9. The topological polar surface area (TPSA) is 41.1 Å². The first-order valence-electron chi connectivity index (χ1n) is 5.12. The van der Waals surface area contributed by atoms with E-state index in [1.807, 2.05) is 0 Å². The standard InChI is InChI=1S/C11H13F3N2O/c1-2-15-10(17)16-7-8-5-3-4-6-9(8)11(12,13)14/h3-6H,2,7H2,1H3,(H2,15,16,17). The minimum Gasteiger partial charge on any atom is -0.338 e. The Labute approximate surface area is 97.0 Å². The van der Waals surface area contributed by atoms with Crippen molar-refractivity contribution in [2.24, 2.45) is 0 Å². The molecule has 0 saturated carbocycles. The Morgan fingerprint density at radius 2 is 1.88 bits per heavy atom. The molecule has 0 aliphatic carbocycles. The molecule has 0 atom stereocenters. The lowest BCUT2D eigenvalue weighted by molar-refractivity contribution is -0.138. The van der Waals surface area contributed by atoms with E-state index in [-0.39, 0.29) is 12.1 Å². The minimum atomic E-state index is -4.40. The van der Waals surface area contributed by atoms with Gasteiger partial charge in [0.2, 0.25) is 0 Å². The highest BCUT2D eigenvalue weighted by molar-refractivity contribution is 5.73. The van der Waals surface area contributed by atoms with E-state index in [1.165, 1.54) is 18.2 Å². The van der Waals surface area contributed by atoms with Crippen LogP contribution in [0.25, 0.3) is 0 Å². The van der Waals surface area contributed by atoms with Gasteiger partial charge in [-0.25, -0.2) is 4.79 Å². The van der Waals surface area contributed by atoms with E-state index < -0.39 is 17.8 Å². The van der Waals surface area contributed by atoms with Crippen molar-refractivity contribution in [3.05, 3.63) is 35.4 Å². The lowest BCUT2D eigenvalue weighted by Crippen LogP contribution is -2.35. The largest absolute Gasteiger partial charge is 0.416 e. The van der Waals surface area contributed by atoms with Crippen LogP contribution < -0.4 is 10.6 Å². The van der Waals surface area contributed by atoms with Gasteiger partial charge in [0.1, 0.15) is 0 Å². The number of hydrogen-bond acceptors (Lipinski definition) is 1. The number of nitrogens with one attached hydrogen (secondary N) is 2. The average molecular weight is 246 g/mol. The molecule has 0 spiro atoms. The molecule has 2 amide bonds. The molecule has 1 aromatic carbocycles. The van der Waals surface area contributed by atoms with Crippen LogP contribution in [0.15, 0.2) is 24.3 Å². The molecule has 0 aliphatic rings. The summed E-state index contributed by atoms with van der Waals surface area (Å²) < 4.78 is 37.8. The van der Waals surface area contributed by atoms with Crippen molar-refractivity contribution in [1.29, 1.82) is 0 Å². The summed E-state index contributed by atoms with van der Waals surface area (Å²) in [7, 11) is 0. The van der Waals surface area contributed by atoms with Gasteiger partial charge in [0.25, 0.3) is 0 Å². The predicted octanol–water partition coefficient (Wildman–Crippen LogP) is 2.52. The van der Waals surface area contributed by atoms with Gasteiger partial charge in [0.15, 0.2) is 0 Å². The zero-order valence-corrected chi connectivity index (χ0v) is 9.27. The Bertz CT molecular complexity index is 391. The van der Waals surface area contributed by atoms with E-state index in [0.717, 1.165) is 6.07 Å². The van der Waals surface area contributed by atoms with Crippen LogP contribution in [0.4, 0.5) is 18.0 Å². The summed E-state index contributed by atoms with van der Waals surface area (Å²) in [5.41, 5.74) is -0.678. The van der Waals surface area contributed by atoms with Crippen LogP contribution >= 0.6 is 0 Å². The number of carbonyl (C=O) groups excluding carboxylic acids is 1. The molecule has 0 saturated heterocycles. The van der Waals surface area contributed by atoms with Crippen LogP contribution in [0.3, 0.4) is 0 Å². The highest BCUT2D eigenvalue weighted by Crippen LogP contribution is 2.31. The van der Waals surface area contributed by atoms with Crippen molar-refractivity contribution >= 4 is 6.03 Å². The lowest BCUT2D eigenvalue weighted by atomic mass is 10.1. The molecule has 1 rings (SSSR count). The van der Waals surface area contributed by atoms with Crippen molar-refractivity contribution in [1.82, 2.24) is 10.6 Å². The smallest absolute Gasteiger partial charge is 0.338 e. The Morgan fingerprint density at radius 3 is 2.47 bits per heavy atom. The molecule has 0 aliphatic heterocycles. The fraction of sp³-hybridized carbons (Fsp3) is 0.364. The van der Waals surface area contributed by atoms with Crippen LogP contribution in [0.5, 0.6) is 0 Å². The van der Waals surface area contributed by atoms with Crippen LogP contribution in [0.1, 0.15) is 18.1 Å². The maximum absolute atomic E-state index is 12.6. The fourth-order valence-corrected chi connectivity index (χ4v) is 1.35. The Hall–Kier alpha value is -1.72. The quantitative estimate of drug-likeness (QED) is 0.845. The number of benzene rings is 1. The SMILES string of the molecule is CCNC(=O)NCc1ccccc1C(F)(F)F. The Balaban J connectivity index is 2.74. The normalized spacial score (nSPS) is 11.1. The van der Waals surface area contributed by atoms with Gasteiger partial charge in [0.05, 0.1) is 5.56 Å². The number of carbonyl (C=O) groups is 1.